The van der Waals surface area contributed by atoms with Crippen molar-refractivity contribution in [3.05, 3.63) is 88.4 Å². The standard InChI is InChI=1S/C29H33Cl2N3O5S/c1-4-5-17-32-29(36)21(2)33(19-22-7-6-8-24(31)18-22)28(35)20-34(25-11-9-23(30)10-12-25)40(37,38)27-15-13-26(39-3)14-16-27/h6-16,18,21H,4-5,17,19-20H2,1-3H3,(H,32,36)/t21-/m1/s1. The lowest BCUT2D eigenvalue weighted by Gasteiger charge is -2.32. The Hall–Kier alpha value is -3.27. The third-order valence-corrected chi connectivity index (χ3v) is 8.55. The zero-order valence-electron chi connectivity index (χ0n) is 22.6. The van der Waals surface area contributed by atoms with E-state index in [9.17, 15) is 18.0 Å². The van der Waals surface area contributed by atoms with Gasteiger partial charge in [-0.2, -0.15) is 0 Å². The van der Waals surface area contributed by atoms with Crippen LogP contribution in [0.2, 0.25) is 10.0 Å². The van der Waals surface area contributed by atoms with Gasteiger partial charge < -0.3 is 15.0 Å². The summed E-state index contributed by atoms with van der Waals surface area (Å²) in [5, 5.41) is 3.75. The fraction of sp³-hybridized carbons (Fsp3) is 0.310. The van der Waals surface area contributed by atoms with Gasteiger partial charge in [0.1, 0.15) is 18.3 Å². The Morgan fingerprint density at radius 1 is 0.975 bits per heavy atom. The van der Waals surface area contributed by atoms with Crippen LogP contribution in [0.1, 0.15) is 32.3 Å². The number of amides is 2. The maximum absolute atomic E-state index is 13.9. The van der Waals surface area contributed by atoms with Crippen molar-refractivity contribution in [2.45, 2.75) is 44.2 Å². The molecule has 0 aliphatic heterocycles. The predicted octanol–water partition coefficient (Wildman–Crippen LogP) is 5.53. The summed E-state index contributed by atoms with van der Waals surface area (Å²) in [6.45, 7) is 3.61. The Morgan fingerprint density at radius 2 is 1.65 bits per heavy atom. The molecule has 3 aromatic rings. The van der Waals surface area contributed by atoms with E-state index in [1.165, 1.54) is 48.4 Å². The van der Waals surface area contributed by atoms with E-state index in [0.717, 1.165) is 17.1 Å². The molecule has 0 unspecified atom stereocenters. The zero-order valence-corrected chi connectivity index (χ0v) is 25.0. The molecule has 0 fully saturated rings. The maximum atomic E-state index is 13.9. The van der Waals surface area contributed by atoms with Crippen LogP contribution >= 0.6 is 23.2 Å². The Balaban J connectivity index is 2.00. The van der Waals surface area contributed by atoms with Crippen LogP contribution in [-0.2, 0) is 26.2 Å². The van der Waals surface area contributed by atoms with Gasteiger partial charge in [-0.05, 0) is 79.6 Å². The van der Waals surface area contributed by atoms with E-state index in [1.807, 2.05) is 6.92 Å². The van der Waals surface area contributed by atoms with E-state index in [0.29, 0.717) is 27.9 Å². The number of ether oxygens (including phenoxy) is 1. The molecule has 214 valence electrons. The number of methoxy groups -OCH3 is 1. The quantitative estimate of drug-likeness (QED) is 0.258. The van der Waals surface area contributed by atoms with Crippen molar-refractivity contribution in [3.8, 4) is 5.75 Å². The fourth-order valence-electron chi connectivity index (χ4n) is 3.96. The van der Waals surface area contributed by atoms with Gasteiger partial charge in [-0.3, -0.25) is 13.9 Å². The summed E-state index contributed by atoms with van der Waals surface area (Å²) >= 11 is 12.2. The highest BCUT2D eigenvalue weighted by molar-refractivity contribution is 7.92. The summed E-state index contributed by atoms with van der Waals surface area (Å²) in [6, 6.07) is 18.1. The van der Waals surface area contributed by atoms with Gasteiger partial charge in [0.15, 0.2) is 0 Å². The van der Waals surface area contributed by atoms with Crippen molar-refractivity contribution in [1.29, 1.82) is 0 Å². The van der Waals surface area contributed by atoms with Gasteiger partial charge in [0.2, 0.25) is 11.8 Å². The highest BCUT2D eigenvalue weighted by Crippen LogP contribution is 2.27. The lowest BCUT2D eigenvalue weighted by molar-refractivity contribution is -0.139. The smallest absolute Gasteiger partial charge is 0.264 e. The maximum Gasteiger partial charge on any atom is 0.264 e. The minimum Gasteiger partial charge on any atom is -0.497 e. The van der Waals surface area contributed by atoms with Crippen molar-refractivity contribution in [2.75, 3.05) is 24.5 Å². The monoisotopic (exact) mass is 605 g/mol. The average molecular weight is 607 g/mol. The lowest BCUT2D eigenvalue weighted by atomic mass is 10.1. The third kappa shape index (κ3) is 8.13. The summed E-state index contributed by atoms with van der Waals surface area (Å²) in [5.74, 6) is -0.409. The topological polar surface area (TPSA) is 96.0 Å². The molecule has 0 aliphatic rings. The number of carbonyl (C=O) groups is 2. The summed E-state index contributed by atoms with van der Waals surface area (Å²) < 4.78 is 33.9. The molecule has 0 radical (unpaired) electrons. The molecule has 0 saturated heterocycles. The number of sulfonamides is 1. The van der Waals surface area contributed by atoms with E-state index in [1.54, 1.807) is 43.3 Å². The molecule has 3 rings (SSSR count). The number of hydrogen-bond acceptors (Lipinski definition) is 5. The molecule has 0 spiro atoms. The Labute approximate surface area is 245 Å². The summed E-state index contributed by atoms with van der Waals surface area (Å²) in [4.78, 5) is 28.2. The molecule has 2 amide bonds. The fourth-order valence-corrected chi connectivity index (χ4v) is 5.71. The number of nitrogens with one attached hydrogen (secondary N) is 1. The highest BCUT2D eigenvalue weighted by atomic mass is 35.5. The number of benzene rings is 3. The van der Waals surface area contributed by atoms with Crippen molar-refractivity contribution < 1.29 is 22.7 Å². The van der Waals surface area contributed by atoms with Gasteiger partial charge in [-0.15, -0.1) is 0 Å². The van der Waals surface area contributed by atoms with Crippen molar-refractivity contribution in [2.24, 2.45) is 0 Å². The van der Waals surface area contributed by atoms with Crippen molar-refractivity contribution in [3.63, 3.8) is 0 Å². The second-order valence-corrected chi connectivity index (χ2v) is 11.9. The molecule has 8 nitrogen and oxygen atoms in total. The van der Waals surface area contributed by atoms with E-state index < -0.39 is 28.5 Å². The molecule has 1 N–H and O–H groups in total. The zero-order chi connectivity index (χ0) is 29.3. The lowest BCUT2D eigenvalue weighted by Crippen LogP contribution is -2.51. The molecule has 0 bridgehead atoms. The van der Waals surface area contributed by atoms with Crippen LogP contribution in [0.4, 0.5) is 5.69 Å². The average Bonchev–Trinajstić information content (AvgIpc) is 2.94. The van der Waals surface area contributed by atoms with Crippen LogP contribution in [0.15, 0.2) is 77.7 Å². The molecule has 1 atom stereocenters. The van der Waals surface area contributed by atoms with E-state index in [2.05, 4.69) is 5.32 Å². The van der Waals surface area contributed by atoms with Crippen LogP contribution in [0, 0.1) is 0 Å². The number of unbranched alkanes of at least 4 members (excludes halogenated alkanes) is 1. The largest absolute Gasteiger partial charge is 0.497 e. The number of hydrogen-bond donors (Lipinski definition) is 1. The number of halogens is 2. The molecule has 3 aromatic carbocycles. The van der Waals surface area contributed by atoms with E-state index >= 15 is 0 Å². The Kier molecular flexibility index (Phi) is 11.2. The van der Waals surface area contributed by atoms with Crippen LogP contribution in [0.5, 0.6) is 5.75 Å². The molecule has 0 aliphatic carbocycles. The second-order valence-electron chi connectivity index (χ2n) is 9.14. The summed E-state index contributed by atoms with van der Waals surface area (Å²) in [6.07, 6.45) is 1.70. The van der Waals surface area contributed by atoms with Gasteiger partial charge in [-0.25, -0.2) is 8.42 Å². The van der Waals surface area contributed by atoms with Crippen molar-refractivity contribution >= 4 is 50.7 Å². The first-order chi connectivity index (χ1) is 19.1. The van der Waals surface area contributed by atoms with Crippen LogP contribution < -0.4 is 14.4 Å². The molecular weight excluding hydrogens is 573 g/mol. The molecular formula is C29H33Cl2N3O5S. The van der Waals surface area contributed by atoms with Crippen LogP contribution in [0.3, 0.4) is 0 Å². The van der Waals surface area contributed by atoms with Gasteiger partial charge in [0, 0.05) is 23.1 Å². The second kappa shape index (κ2) is 14.4. The molecule has 40 heavy (non-hydrogen) atoms. The van der Waals surface area contributed by atoms with Gasteiger partial charge in [-0.1, -0.05) is 48.7 Å². The predicted molar refractivity (Wildman–Crippen MR) is 158 cm³/mol. The molecule has 11 heteroatoms. The van der Waals surface area contributed by atoms with Gasteiger partial charge in [0.05, 0.1) is 17.7 Å². The minimum absolute atomic E-state index is 0.0252. The number of anilines is 1. The number of carbonyl (C=O) groups excluding carboxylic acids is 2. The number of rotatable bonds is 13. The van der Waals surface area contributed by atoms with Crippen LogP contribution in [-0.4, -0.2) is 51.4 Å². The SMILES string of the molecule is CCCCNC(=O)[C@@H](C)N(Cc1cccc(Cl)c1)C(=O)CN(c1ccc(Cl)cc1)S(=O)(=O)c1ccc(OC)cc1. The van der Waals surface area contributed by atoms with Gasteiger partial charge in [0.25, 0.3) is 10.0 Å². The third-order valence-electron chi connectivity index (χ3n) is 6.28. The van der Waals surface area contributed by atoms with Crippen LogP contribution in [0.25, 0.3) is 0 Å². The Morgan fingerprint density at radius 3 is 2.25 bits per heavy atom. The summed E-state index contributed by atoms with van der Waals surface area (Å²) in [7, 11) is -2.72. The minimum atomic E-state index is -4.20. The van der Waals surface area contributed by atoms with Crippen molar-refractivity contribution in [1.82, 2.24) is 10.2 Å². The first-order valence-electron chi connectivity index (χ1n) is 12.8. The number of nitrogens with zero attached hydrogens (tertiary/aromatic N) is 2. The Bertz CT molecular complexity index is 1400. The van der Waals surface area contributed by atoms with E-state index in [4.69, 9.17) is 27.9 Å². The molecule has 0 aromatic heterocycles. The first kappa shape index (κ1) is 31.3. The summed E-state index contributed by atoms with van der Waals surface area (Å²) in [5.41, 5.74) is 0.946. The first-order valence-corrected chi connectivity index (χ1v) is 15.0. The van der Waals surface area contributed by atoms with Gasteiger partial charge >= 0.3 is 0 Å². The molecule has 0 heterocycles. The molecule has 0 saturated carbocycles. The van der Waals surface area contributed by atoms with E-state index in [-0.39, 0.29) is 23.0 Å². The normalized spacial score (nSPS) is 11.9. The highest BCUT2D eigenvalue weighted by Gasteiger charge is 2.32.